The van der Waals surface area contributed by atoms with E-state index in [2.05, 4.69) is 22.3 Å². The number of nitrogens with zero attached hydrogens (tertiary/aromatic N) is 3. The van der Waals surface area contributed by atoms with Crippen molar-refractivity contribution in [1.82, 2.24) is 14.7 Å². The second-order valence-electron chi connectivity index (χ2n) is 7.76. The number of nitrogens with one attached hydrogen (secondary N) is 2. The number of rotatable bonds is 10. The number of hydrogen-bond donors (Lipinski definition) is 2. The zero-order valence-corrected chi connectivity index (χ0v) is 19.2. The molecule has 0 fully saturated rings. The molecule has 0 radical (unpaired) electrons. The lowest BCUT2D eigenvalue weighted by molar-refractivity contribution is -0.116. The normalized spacial score (nSPS) is 10.7. The number of aromatic nitrogens is 2. The first kappa shape index (κ1) is 23.7. The predicted molar refractivity (Wildman–Crippen MR) is 131 cm³/mol. The summed E-state index contributed by atoms with van der Waals surface area (Å²) in [6.07, 6.45) is 0. The van der Waals surface area contributed by atoms with Gasteiger partial charge in [-0.3, -0.25) is 9.59 Å². The molecule has 3 aromatic rings. The Labute approximate surface area is 193 Å². The second-order valence-corrected chi connectivity index (χ2v) is 7.76. The molecule has 0 aliphatic rings. The molecule has 33 heavy (non-hydrogen) atoms. The van der Waals surface area contributed by atoms with E-state index in [4.69, 9.17) is 4.74 Å². The molecule has 0 atom stereocenters. The van der Waals surface area contributed by atoms with E-state index in [-0.39, 0.29) is 11.5 Å². The molecule has 1 heterocycles. The van der Waals surface area contributed by atoms with E-state index in [0.717, 1.165) is 16.8 Å². The summed E-state index contributed by atoms with van der Waals surface area (Å²) in [7, 11) is 3.67. The molecule has 0 unspecified atom stereocenters. The molecule has 3 rings (SSSR count). The maximum atomic E-state index is 12.5. The molecular formula is C25H29N5O3. The number of carbonyl (C=O) groups is 1. The summed E-state index contributed by atoms with van der Waals surface area (Å²) in [5.41, 5.74) is 3.63. The Kier molecular flexibility index (Phi) is 7.99. The van der Waals surface area contributed by atoms with Crippen molar-refractivity contribution in [3.05, 3.63) is 89.0 Å². The summed E-state index contributed by atoms with van der Waals surface area (Å²) in [6, 6.07) is 18.2. The van der Waals surface area contributed by atoms with Crippen LogP contribution in [0.5, 0.6) is 0 Å². The summed E-state index contributed by atoms with van der Waals surface area (Å²) in [5.74, 6) is 0.361. The fourth-order valence-corrected chi connectivity index (χ4v) is 3.25. The summed E-state index contributed by atoms with van der Waals surface area (Å²) < 4.78 is 6.76. The summed E-state index contributed by atoms with van der Waals surface area (Å²) in [6.45, 7) is 6.84. The monoisotopic (exact) mass is 447 g/mol. The third-order valence-electron chi connectivity index (χ3n) is 4.63. The number of hydrogen-bond acceptors (Lipinski definition) is 6. The van der Waals surface area contributed by atoms with E-state index in [0.29, 0.717) is 37.0 Å². The van der Waals surface area contributed by atoms with E-state index in [1.165, 1.54) is 10.7 Å². The van der Waals surface area contributed by atoms with Gasteiger partial charge < -0.3 is 20.3 Å². The van der Waals surface area contributed by atoms with Crippen LogP contribution in [0, 0.1) is 0 Å². The first-order chi connectivity index (χ1) is 15.8. The Hall–Kier alpha value is -3.91. The Morgan fingerprint density at radius 2 is 1.79 bits per heavy atom. The van der Waals surface area contributed by atoms with Gasteiger partial charge >= 0.3 is 0 Å². The largest absolute Gasteiger partial charge is 0.480 e. The first-order valence-electron chi connectivity index (χ1n) is 10.6. The van der Waals surface area contributed by atoms with Gasteiger partial charge in [0, 0.05) is 23.0 Å². The van der Waals surface area contributed by atoms with Gasteiger partial charge in [0.2, 0.25) is 5.91 Å². The molecule has 1 amide bonds. The Morgan fingerprint density at radius 1 is 1.06 bits per heavy atom. The van der Waals surface area contributed by atoms with E-state index in [9.17, 15) is 9.59 Å². The van der Waals surface area contributed by atoms with Crippen molar-refractivity contribution in [2.45, 2.75) is 13.5 Å². The molecular weight excluding hydrogens is 418 g/mol. The maximum Gasteiger partial charge on any atom is 0.267 e. The number of carbonyl (C=O) groups excluding carboxylic acids is 1. The molecule has 172 valence electrons. The van der Waals surface area contributed by atoms with Crippen LogP contribution in [0.4, 0.5) is 11.4 Å². The van der Waals surface area contributed by atoms with Crippen LogP contribution in [0.1, 0.15) is 12.5 Å². The minimum absolute atomic E-state index is 0.101. The van der Waals surface area contributed by atoms with Crippen LogP contribution in [-0.2, 0) is 16.1 Å². The van der Waals surface area contributed by atoms with Crippen LogP contribution in [-0.4, -0.2) is 47.8 Å². The minimum Gasteiger partial charge on any atom is -0.480 e. The molecule has 2 N–H and O–H groups in total. The SMILES string of the molecule is C=C(Nc1cccc(Cn2nc(-c3cccc(NC(=O)CN(C)C)c3)ccc2=O)c1)OCC. The predicted octanol–water partition coefficient (Wildman–Crippen LogP) is 3.38. The Bertz CT molecular complexity index is 1190. The van der Waals surface area contributed by atoms with Crippen LogP contribution in [0.25, 0.3) is 11.3 Å². The highest BCUT2D eigenvalue weighted by Gasteiger charge is 2.08. The van der Waals surface area contributed by atoms with E-state index >= 15 is 0 Å². The molecule has 0 saturated carbocycles. The summed E-state index contributed by atoms with van der Waals surface area (Å²) in [4.78, 5) is 26.3. The summed E-state index contributed by atoms with van der Waals surface area (Å²) in [5, 5.41) is 10.5. The van der Waals surface area contributed by atoms with Crippen LogP contribution >= 0.6 is 0 Å². The number of anilines is 2. The second kappa shape index (κ2) is 11.1. The topological polar surface area (TPSA) is 88.5 Å². The van der Waals surface area contributed by atoms with Gasteiger partial charge in [0.05, 0.1) is 25.4 Å². The molecule has 0 spiro atoms. The maximum absolute atomic E-state index is 12.5. The highest BCUT2D eigenvalue weighted by Crippen LogP contribution is 2.20. The van der Waals surface area contributed by atoms with Gasteiger partial charge in [0.1, 0.15) is 0 Å². The fraction of sp³-hybridized carbons (Fsp3) is 0.240. The lowest BCUT2D eigenvalue weighted by Crippen LogP contribution is -2.27. The minimum atomic E-state index is -0.203. The molecule has 8 heteroatoms. The lowest BCUT2D eigenvalue weighted by Gasteiger charge is -2.12. The quantitative estimate of drug-likeness (QED) is 0.463. The van der Waals surface area contributed by atoms with Crippen molar-refractivity contribution in [3.63, 3.8) is 0 Å². The van der Waals surface area contributed by atoms with Gasteiger partial charge in [-0.15, -0.1) is 0 Å². The van der Waals surface area contributed by atoms with Crippen molar-refractivity contribution >= 4 is 17.3 Å². The van der Waals surface area contributed by atoms with Gasteiger partial charge in [-0.2, -0.15) is 5.10 Å². The van der Waals surface area contributed by atoms with Crippen LogP contribution < -0.4 is 16.2 Å². The molecule has 8 nitrogen and oxygen atoms in total. The first-order valence-corrected chi connectivity index (χ1v) is 10.6. The molecule has 0 aliphatic carbocycles. The van der Waals surface area contributed by atoms with E-state index < -0.39 is 0 Å². The Balaban J connectivity index is 1.79. The number of amides is 1. The van der Waals surface area contributed by atoms with Crippen molar-refractivity contribution in [1.29, 1.82) is 0 Å². The highest BCUT2D eigenvalue weighted by molar-refractivity contribution is 5.92. The third kappa shape index (κ3) is 7.05. The zero-order chi connectivity index (χ0) is 23.8. The lowest BCUT2D eigenvalue weighted by atomic mass is 10.1. The van der Waals surface area contributed by atoms with Gasteiger partial charge in [-0.1, -0.05) is 24.3 Å². The van der Waals surface area contributed by atoms with Crippen molar-refractivity contribution < 1.29 is 9.53 Å². The summed E-state index contributed by atoms with van der Waals surface area (Å²) >= 11 is 0. The van der Waals surface area contributed by atoms with Gasteiger partial charge in [-0.05, 0) is 63.5 Å². The number of ether oxygens (including phenoxy) is 1. The third-order valence-corrected chi connectivity index (χ3v) is 4.63. The average Bonchev–Trinajstić information content (AvgIpc) is 2.75. The van der Waals surface area contributed by atoms with Gasteiger partial charge in [0.25, 0.3) is 5.56 Å². The highest BCUT2D eigenvalue weighted by atomic mass is 16.5. The van der Waals surface area contributed by atoms with Gasteiger partial charge in [0.15, 0.2) is 5.88 Å². The standard InChI is InChI=1S/C25H29N5O3/c1-5-33-18(2)26-21-10-6-8-19(14-21)16-30-25(32)13-12-23(28-30)20-9-7-11-22(15-20)27-24(31)17-29(3)4/h6-15,26H,2,5,16-17H2,1,3-4H3,(H,27,31). The van der Waals surface area contributed by atoms with Crippen molar-refractivity contribution in [2.24, 2.45) is 0 Å². The van der Waals surface area contributed by atoms with Crippen molar-refractivity contribution in [2.75, 3.05) is 37.9 Å². The fourth-order valence-electron chi connectivity index (χ4n) is 3.25. The van der Waals surface area contributed by atoms with E-state index in [1.807, 2.05) is 69.6 Å². The molecule has 0 aliphatic heterocycles. The van der Waals surface area contributed by atoms with Crippen LogP contribution in [0.2, 0.25) is 0 Å². The smallest absolute Gasteiger partial charge is 0.267 e. The molecule has 1 aromatic heterocycles. The van der Waals surface area contributed by atoms with Crippen LogP contribution in [0.3, 0.4) is 0 Å². The molecule has 2 aromatic carbocycles. The average molecular weight is 448 g/mol. The van der Waals surface area contributed by atoms with Crippen LogP contribution in [0.15, 0.2) is 77.9 Å². The number of likely N-dealkylation sites (N-methyl/N-ethyl adjacent to an activating group) is 1. The molecule has 0 saturated heterocycles. The Morgan fingerprint density at radius 3 is 2.52 bits per heavy atom. The zero-order valence-electron chi connectivity index (χ0n) is 19.2. The van der Waals surface area contributed by atoms with Gasteiger partial charge in [-0.25, -0.2) is 4.68 Å². The van der Waals surface area contributed by atoms with Crippen molar-refractivity contribution in [3.8, 4) is 11.3 Å². The molecule has 0 bridgehead atoms. The van der Waals surface area contributed by atoms with E-state index in [1.54, 1.807) is 11.0 Å². The number of benzene rings is 2.